The van der Waals surface area contributed by atoms with E-state index in [4.69, 9.17) is 9.40 Å². The molecule has 0 saturated carbocycles. The normalized spacial score (nSPS) is 11.6. The van der Waals surface area contributed by atoms with Crippen molar-refractivity contribution in [2.45, 2.75) is 0 Å². The molecule has 3 nitrogen and oxygen atoms in total. The highest BCUT2D eigenvalue weighted by atomic mass is 16.3. The Balaban J connectivity index is 1.13. The highest BCUT2D eigenvalue weighted by Crippen LogP contribution is 2.41. The lowest BCUT2D eigenvalue weighted by molar-refractivity contribution is 0.668. The SMILES string of the molecule is c1ccc(-c2cccc(N(c3ccc(-c4cc5ccccc5c5ccccc45)cc3)c3cnc4c(c3)oc3cc5ccccc5cc34)c2)cc1. The number of hydrogen-bond donors (Lipinski definition) is 0. The summed E-state index contributed by atoms with van der Waals surface area (Å²) in [6, 6.07) is 62.5. The Morgan fingerprint density at radius 2 is 1.06 bits per heavy atom. The summed E-state index contributed by atoms with van der Waals surface area (Å²) in [5.41, 5.74) is 10.2. The second-order valence-corrected chi connectivity index (χ2v) is 12.8. The highest BCUT2D eigenvalue weighted by molar-refractivity contribution is 6.14. The van der Waals surface area contributed by atoms with E-state index in [-0.39, 0.29) is 0 Å². The molecule has 0 unspecified atom stereocenters. The molecule has 0 bridgehead atoms. The molecular weight excluding hydrogens is 609 g/mol. The minimum atomic E-state index is 0.760. The molecule has 0 amide bonds. The third-order valence-electron chi connectivity index (χ3n) is 9.84. The van der Waals surface area contributed by atoms with Crippen LogP contribution in [0.25, 0.3) is 76.6 Å². The Morgan fingerprint density at radius 3 is 1.88 bits per heavy atom. The number of benzene rings is 8. The summed E-state index contributed by atoms with van der Waals surface area (Å²) >= 11 is 0. The van der Waals surface area contributed by atoms with Crippen LogP contribution in [-0.2, 0) is 0 Å². The summed E-state index contributed by atoms with van der Waals surface area (Å²) in [5, 5.41) is 8.37. The minimum Gasteiger partial charge on any atom is -0.454 e. The molecule has 0 aliphatic rings. The summed E-state index contributed by atoms with van der Waals surface area (Å²) in [6.45, 7) is 0. The van der Waals surface area contributed by atoms with Crippen molar-refractivity contribution in [2.24, 2.45) is 0 Å². The van der Waals surface area contributed by atoms with Crippen LogP contribution in [0, 0.1) is 0 Å². The molecule has 0 aliphatic carbocycles. The molecule has 0 radical (unpaired) electrons. The molecule has 3 heteroatoms. The fourth-order valence-electron chi connectivity index (χ4n) is 7.43. The summed E-state index contributed by atoms with van der Waals surface area (Å²) in [4.78, 5) is 7.29. The monoisotopic (exact) mass is 638 g/mol. The van der Waals surface area contributed by atoms with Gasteiger partial charge in [-0.25, -0.2) is 4.98 Å². The first-order valence-electron chi connectivity index (χ1n) is 16.9. The van der Waals surface area contributed by atoms with Gasteiger partial charge in [0.1, 0.15) is 11.1 Å². The molecule has 10 aromatic rings. The molecule has 0 saturated heterocycles. The van der Waals surface area contributed by atoms with E-state index in [2.05, 4.69) is 181 Å². The van der Waals surface area contributed by atoms with Crippen molar-refractivity contribution in [1.82, 2.24) is 4.98 Å². The van der Waals surface area contributed by atoms with Crippen molar-refractivity contribution in [1.29, 1.82) is 0 Å². The first-order chi connectivity index (χ1) is 24.8. The van der Waals surface area contributed by atoms with Crippen LogP contribution in [0.3, 0.4) is 0 Å². The van der Waals surface area contributed by atoms with Crippen LogP contribution in [0.4, 0.5) is 17.1 Å². The number of furan rings is 1. The van der Waals surface area contributed by atoms with Crippen LogP contribution in [-0.4, -0.2) is 4.98 Å². The van der Waals surface area contributed by atoms with Gasteiger partial charge in [-0.3, -0.25) is 0 Å². The standard InChI is InChI=1S/C47H30N2O/c1-2-11-31(12-3-1)33-16-10-17-38(25-33)49(39-29-46-47(48-30-39)44-26-34-13-4-5-14-35(34)28-45(44)50-46)37-23-21-32(22-24-37)43-27-36-15-6-7-18-40(36)41-19-8-9-20-42(41)43/h1-30H. The van der Waals surface area contributed by atoms with E-state index in [1.54, 1.807) is 0 Å². The van der Waals surface area contributed by atoms with Crippen LogP contribution in [0.15, 0.2) is 187 Å². The third kappa shape index (κ3) is 4.71. The zero-order valence-electron chi connectivity index (χ0n) is 27.1. The Bertz CT molecular complexity index is 2870. The first-order valence-corrected chi connectivity index (χ1v) is 16.9. The number of nitrogens with zero attached hydrogens (tertiary/aromatic N) is 2. The molecule has 0 spiro atoms. The molecule has 0 N–H and O–H groups in total. The van der Waals surface area contributed by atoms with E-state index >= 15 is 0 Å². The van der Waals surface area contributed by atoms with Gasteiger partial charge in [-0.2, -0.15) is 0 Å². The molecule has 10 rings (SSSR count). The summed E-state index contributed by atoms with van der Waals surface area (Å²) < 4.78 is 6.48. The highest BCUT2D eigenvalue weighted by Gasteiger charge is 2.18. The maximum atomic E-state index is 6.48. The van der Waals surface area contributed by atoms with Gasteiger partial charge >= 0.3 is 0 Å². The Hall–Kier alpha value is -6.71. The van der Waals surface area contributed by atoms with Gasteiger partial charge in [0.25, 0.3) is 0 Å². The number of anilines is 3. The molecule has 2 heterocycles. The number of hydrogen-bond acceptors (Lipinski definition) is 3. The van der Waals surface area contributed by atoms with Gasteiger partial charge in [0.2, 0.25) is 0 Å². The Labute approximate surface area is 289 Å². The molecule has 0 atom stereocenters. The van der Waals surface area contributed by atoms with Crippen LogP contribution >= 0.6 is 0 Å². The predicted molar refractivity (Wildman–Crippen MR) is 210 cm³/mol. The number of fused-ring (bicyclic) bond motifs is 7. The van der Waals surface area contributed by atoms with Crippen molar-refractivity contribution in [2.75, 3.05) is 4.90 Å². The van der Waals surface area contributed by atoms with Crippen molar-refractivity contribution in [3.63, 3.8) is 0 Å². The van der Waals surface area contributed by atoms with Crippen molar-refractivity contribution >= 4 is 71.4 Å². The maximum Gasteiger partial charge on any atom is 0.155 e. The number of pyridine rings is 1. The van der Waals surface area contributed by atoms with Gasteiger partial charge in [-0.1, -0.05) is 127 Å². The van der Waals surface area contributed by atoms with E-state index < -0.39 is 0 Å². The van der Waals surface area contributed by atoms with E-state index in [1.807, 2.05) is 6.20 Å². The van der Waals surface area contributed by atoms with Crippen molar-refractivity contribution < 1.29 is 4.42 Å². The van der Waals surface area contributed by atoms with Gasteiger partial charge in [0.05, 0.1) is 11.9 Å². The van der Waals surface area contributed by atoms with Gasteiger partial charge in [-0.15, -0.1) is 0 Å². The Morgan fingerprint density at radius 1 is 0.380 bits per heavy atom. The van der Waals surface area contributed by atoms with Crippen molar-refractivity contribution in [3.8, 4) is 22.3 Å². The first kappa shape index (κ1) is 28.3. The molecule has 0 aliphatic heterocycles. The lowest BCUT2D eigenvalue weighted by Crippen LogP contribution is -2.10. The van der Waals surface area contributed by atoms with Gasteiger partial charge < -0.3 is 9.32 Å². The fraction of sp³-hybridized carbons (Fsp3) is 0. The smallest absolute Gasteiger partial charge is 0.155 e. The zero-order valence-corrected chi connectivity index (χ0v) is 27.1. The van der Waals surface area contributed by atoms with E-state index in [0.29, 0.717) is 0 Å². The molecule has 234 valence electrons. The van der Waals surface area contributed by atoms with E-state index in [1.165, 1.54) is 43.6 Å². The molecule has 0 fully saturated rings. The van der Waals surface area contributed by atoms with Crippen molar-refractivity contribution in [3.05, 3.63) is 182 Å². The topological polar surface area (TPSA) is 29.3 Å². The molecule has 50 heavy (non-hydrogen) atoms. The van der Waals surface area contributed by atoms with E-state index in [0.717, 1.165) is 50.1 Å². The predicted octanol–water partition coefficient (Wildman–Crippen LogP) is 13.2. The molecule has 2 aromatic heterocycles. The van der Waals surface area contributed by atoms with Crippen LogP contribution < -0.4 is 4.90 Å². The van der Waals surface area contributed by atoms with Gasteiger partial charge in [0.15, 0.2) is 5.58 Å². The van der Waals surface area contributed by atoms with Crippen LogP contribution in [0.5, 0.6) is 0 Å². The second-order valence-electron chi connectivity index (χ2n) is 12.8. The fourth-order valence-corrected chi connectivity index (χ4v) is 7.43. The van der Waals surface area contributed by atoms with Gasteiger partial charge in [-0.05, 0) is 97.0 Å². The van der Waals surface area contributed by atoms with Crippen LogP contribution in [0.1, 0.15) is 0 Å². The number of aromatic nitrogens is 1. The van der Waals surface area contributed by atoms with Gasteiger partial charge in [0, 0.05) is 22.8 Å². The number of rotatable bonds is 5. The summed E-state index contributed by atoms with van der Waals surface area (Å²) in [6.07, 6.45) is 1.96. The average Bonchev–Trinajstić information content (AvgIpc) is 3.54. The largest absolute Gasteiger partial charge is 0.454 e. The summed E-state index contributed by atoms with van der Waals surface area (Å²) in [5.74, 6) is 0. The lowest BCUT2D eigenvalue weighted by atomic mass is 9.93. The average molecular weight is 639 g/mol. The third-order valence-corrected chi connectivity index (χ3v) is 9.84. The Kier molecular flexibility index (Phi) is 6.49. The lowest BCUT2D eigenvalue weighted by Gasteiger charge is -2.26. The van der Waals surface area contributed by atoms with Crippen LogP contribution in [0.2, 0.25) is 0 Å². The van der Waals surface area contributed by atoms with E-state index in [9.17, 15) is 0 Å². The second kappa shape index (κ2) is 11.5. The maximum absolute atomic E-state index is 6.48. The molecule has 8 aromatic carbocycles. The minimum absolute atomic E-state index is 0.760. The molecular formula is C47H30N2O. The zero-order chi connectivity index (χ0) is 33.0. The quantitative estimate of drug-likeness (QED) is 0.176. The summed E-state index contributed by atoms with van der Waals surface area (Å²) in [7, 11) is 0.